The summed E-state index contributed by atoms with van der Waals surface area (Å²) in [5.74, 6) is -1.05. The lowest BCUT2D eigenvalue weighted by molar-refractivity contribution is 0.0696. The van der Waals surface area contributed by atoms with Crippen LogP contribution >= 0.6 is 0 Å². The van der Waals surface area contributed by atoms with Crippen LogP contribution in [0.5, 0.6) is 0 Å². The number of hydrogen-bond donors (Lipinski definition) is 1. The van der Waals surface area contributed by atoms with E-state index < -0.39 is 5.97 Å². The van der Waals surface area contributed by atoms with Gasteiger partial charge in [-0.2, -0.15) is 5.10 Å². The Hall–Kier alpha value is -2.37. The van der Waals surface area contributed by atoms with Crippen LogP contribution in [0.15, 0.2) is 23.1 Å². The third kappa shape index (κ3) is 2.42. The highest BCUT2D eigenvalue weighted by atomic mass is 16.4. The molecule has 0 spiro atoms. The van der Waals surface area contributed by atoms with E-state index in [2.05, 4.69) is 5.10 Å². The Kier molecular flexibility index (Phi) is 3.25. The second-order valence-corrected chi connectivity index (χ2v) is 4.46. The Balaban J connectivity index is 2.46. The predicted octanol–water partition coefficient (Wildman–Crippen LogP) is 0.945. The smallest absolute Gasteiger partial charge is 0.337 e. The molecule has 0 bridgehead atoms. The van der Waals surface area contributed by atoms with Gasteiger partial charge < -0.3 is 9.67 Å². The van der Waals surface area contributed by atoms with Gasteiger partial charge in [0.2, 0.25) is 0 Å². The molecule has 0 aliphatic rings. The van der Waals surface area contributed by atoms with Crippen molar-refractivity contribution >= 4 is 5.97 Å². The van der Waals surface area contributed by atoms with Crippen molar-refractivity contribution in [1.29, 1.82) is 0 Å². The Bertz CT molecular complexity index is 698. The summed E-state index contributed by atoms with van der Waals surface area (Å²) in [4.78, 5) is 22.7. The van der Waals surface area contributed by atoms with E-state index in [9.17, 15) is 9.59 Å². The molecule has 19 heavy (non-hydrogen) atoms. The molecule has 0 saturated carbocycles. The van der Waals surface area contributed by atoms with Gasteiger partial charge in [-0.25, -0.2) is 4.79 Å². The van der Waals surface area contributed by atoms with Gasteiger partial charge in [0, 0.05) is 30.6 Å². The van der Waals surface area contributed by atoms with Gasteiger partial charge in [0.25, 0.3) is 5.56 Å². The van der Waals surface area contributed by atoms with Crippen LogP contribution in [0, 0.1) is 13.8 Å². The fourth-order valence-corrected chi connectivity index (χ4v) is 2.00. The number of carbonyl (C=O) groups is 1. The van der Waals surface area contributed by atoms with E-state index >= 15 is 0 Å². The molecule has 0 saturated heterocycles. The average molecular weight is 261 g/mol. The summed E-state index contributed by atoms with van der Waals surface area (Å²) in [7, 11) is 1.84. The number of nitrogens with zero attached hydrogens (tertiary/aromatic N) is 3. The summed E-state index contributed by atoms with van der Waals surface area (Å²) in [6.07, 6.45) is 1.36. The van der Waals surface area contributed by atoms with Crippen LogP contribution in [-0.4, -0.2) is 25.4 Å². The van der Waals surface area contributed by atoms with Gasteiger partial charge in [-0.1, -0.05) is 0 Å². The first kappa shape index (κ1) is 13.1. The fraction of sp³-hybridized carbons (Fsp3) is 0.308. The SMILES string of the molecule is Cc1nn(C)c(C)c1Cn1cc(C(=O)O)ccc1=O. The Labute approximate surface area is 109 Å². The maximum atomic E-state index is 11.8. The summed E-state index contributed by atoms with van der Waals surface area (Å²) in [6, 6.07) is 2.58. The Morgan fingerprint density at radius 2 is 2.05 bits per heavy atom. The monoisotopic (exact) mass is 261 g/mol. The number of pyridine rings is 1. The first-order valence-electron chi connectivity index (χ1n) is 5.83. The molecule has 6 nitrogen and oxygen atoms in total. The summed E-state index contributed by atoms with van der Waals surface area (Å²) in [6.45, 7) is 4.11. The van der Waals surface area contributed by atoms with Crippen LogP contribution in [0.3, 0.4) is 0 Å². The minimum absolute atomic E-state index is 0.0961. The average Bonchev–Trinajstić information content (AvgIpc) is 2.58. The number of hydrogen-bond acceptors (Lipinski definition) is 3. The number of aryl methyl sites for hydroxylation is 2. The number of carboxylic acids is 1. The van der Waals surface area contributed by atoms with Gasteiger partial charge in [-0.15, -0.1) is 0 Å². The van der Waals surface area contributed by atoms with Crippen LogP contribution < -0.4 is 5.56 Å². The molecule has 0 radical (unpaired) electrons. The lowest BCUT2D eigenvalue weighted by Gasteiger charge is -2.07. The summed E-state index contributed by atoms with van der Waals surface area (Å²) in [5, 5.41) is 13.2. The molecule has 0 aromatic carbocycles. The maximum absolute atomic E-state index is 11.8. The molecule has 0 amide bonds. The summed E-state index contributed by atoms with van der Waals surface area (Å²) >= 11 is 0. The molecular formula is C13H15N3O3. The van der Waals surface area contributed by atoms with Gasteiger partial charge >= 0.3 is 5.97 Å². The molecule has 100 valence electrons. The van der Waals surface area contributed by atoms with Gasteiger partial charge in [0.15, 0.2) is 0 Å². The first-order chi connectivity index (χ1) is 8.90. The normalized spacial score (nSPS) is 10.7. The van der Waals surface area contributed by atoms with Gasteiger partial charge in [0.05, 0.1) is 17.8 Å². The van der Waals surface area contributed by atoms with E-state index in [1.165, 1.54) is 22.9 Å². The van der Waals surface area contributed by atoms with Crippen molar-refractivity contribution in [3.63, 3.8) is 0 Å². The zero-order valence-electron chi connectivity index (χ0n) is 11.0. The first-order valence-corrected chi connectivity index (χ1v) is 5.83. The lowest BCUT2D eigenvalue weighted by Crippen LogP contribution is -2.21. The van der Waals surface area contributed by atoms with Crippen LogP contribution in [0.1, 0.15) is 27.3 Å². The topological polar surface area (TPSA) is 77.1 Å². The van der Waals surface area contributed by atoms with Crippen molar-refractivity contribution in [1.82, 2.24) is 14.3 Å². The molecule has 0 atom stereocenters. The van der Waals surface area contributed by atoms with Crippen molar-refractivity contribution in [3.8, 4) is 0 Å². The van der Waals surface area contributed by atoms with Crippen molar-refractivity contribution in [2.24, 2.45) is 7.05 Å². The van der Waals surface area contributed by atoms with E-state index in [-0.39, 0.29) is 11.1 Å². The number of aromatic carboxylic acids is 1. The lowest BCUT2D eigenvalue weighted by atomic mass is 10.2. The molecule has 2 rings (SSSR count). The molecule has 2 aromatic rings. The second-order valence-electron chi connectivity index (χ2n) is 4.46. The molecule has 0 aliphatic heterocycles. The summed E-state index contributed by atoms with van der Waals surface area (Å²) in [5.41, 5.74) is 2.61. The molecule has 6 heteroatoms. The van der Waals surface area contributed by atoms with Crippen LogP contribution in [-0.2, 0) is 13.6 Å². The van der Waals surface area contributed by atoms with Gasteiger partial charge in [-0.3, -0.25) is 9.48 Å². The quantitative estimate of drug-likeness (QED) is 0.892. The van der Waals surface area contributed by atoms with E-state index in [0.29, 0.717) is 6.54 Å². The van der Waals surface area contributed by atoms with Crippen molar-refractivity contribution in [3.05, 3.63) is 51.2 Å². The molecule has 2 heterocycles. The minimum atomic E-state index is -1.05. The molecule has 0 aliphatic carbocycles. The van der Waals surface area contributed by atoms with E-state index in [1.807, 2.05) is 20.9 Å². The van der Waals surface area contributed by atoms with E-state index in [1.54, 1.807) is 4.68 Å². The standard InChI is InChI=1S/C13H15N3O3/c1-8-11(9(2)15(3)14-8)7-16-6-10(13(18)19)4-5-12(16)17/h4-6H,7H2,1-3H3,(H,18,19). The van der Waals surface area contributed by atoms with Gasteiger partial charge in [0.1, 0.15) is 0 Å². The predicted molar refractivity (Wildman–Crippen MR) is 69.4 cm³/mol. The second kappa shape index (κ2) is 4.72. The van der Waals surface area contributed by atoms with Gasteiger partial charge in [-0.05, 0) is 19.9 Å². The third-order valence-corrected chi connectivity index (χ3v) is 3.22. The molecular weight excluding hydrogens is 246 g/mol. The number of aromatic nitrogens is 3. The van der Waals surface area contributed by atoms with E-state index in [0.717, 1.165) is 17.0 Å². The molecule has 2 aromatic heterocycles. The zero-order chi connectivity index (χ0) is 14.2. The molecule has 0 unspecified atom stereocenters. The van der Waals surface area contributed by atoms with E-state index in [4.69, 9.17) is 5.11 Å². The van der Waals surface area contributed by atoms with Crippen molar-refractivity contribution in [2.45, 2.75) is 20.4 Å². The third-order valence-electron chi connectivity index (χ3n) is 3.22. The van der Waals surface area contributed by atoms with Crippen molar-refractivity contribution < 1.29 is 9.90 Å². The highest BCUT2D eigenvalue weighted by Crippen LogP contribution is 2.13. The summed E-state index contributed by atoms with van der Waals surface area (Å²) < 4.78 is 3.14. The minimum Gasteiger partial charge on any atom is -0.478 e. The zero-order valence-corrected chi connectivity index (χ0v) is 11.0. The molecule has 0 fully saturated rings. The molecule has 1 N–H and O–H groups in total. The number of rotatable bonds is 3. The largest absolute Gasteiger partial charge is 0.478 e. The van der Waals surface area contributed by atoms with Crippen LogP contribution in [0.25, 0.3) is 0 Å². The fourth-order valence-electron chi connectivity index (χ4n) is 2.00. The Morgan fingerprint density at radius 3 is 2.58 bits per heavy atom. The highest BCUT2D eigenvalue weighted by molar-refractivity contribution is 5.87. The number of carboxylic acid groups (broad SMARTS) is 1. The Morgan fingerprint density at radius 1 is 1.37 bits per heavy atom. The highest BCUT2D eigenvalue weighted by Gasteiger charge is 2.12. The van der Waals surface area contributed by atoms with Crippen LogP contribution in [0.4, 0.5) is 0 Å². The van der Waals surface area contributed by atoms with Crippen LogP contribution in [0.2, 0.25) is 0 Å². The van der Waals surface area contributed by atoms with Crippen molar-refractivity contribution in [2.75, 3.05) is 0 Å². The maximum Gasteiger partial charge on any atom is 0.337 e.